The fraction of sp³-hybridized carbons (Fsp3) is 0.406. The van der Waals surface area contributed by atoms with E-state index in [4.69, 9.17) is 21.1 Å². The van der Waals surface area contributed by atoms with Gasteiger partial charge in [-0.15, -0.1) is 0 Å². The van der Waals surface area contributed by atoms with Crippen LogP contribution < -0.4 is 20.7 Å². The number of nitrogens with one attached hydrogen (secondary N) is 3. The van der Waals surface area contributed by atoms with Gasteiger partial charge in [-0.3, -0.25) is 14.4 Å². The molecule has 262 valence electrons. The number of carbonyl (C=O) groups excluding carboxylic acids is 4. The number of carbonyl (C=O) groups is 4. The monoisotopic (exact) mass is 705 g/mol. The quantitative estimate of drug-likeness (QED) is 0.107. The number of amides is 2. The van der Waals surface area contributed by atoms with Crippen molar-refractivity contribution < 1.29 is 41.8 Å². The summed E-state index contributed by atoms with van der Waals surface area (Å²) in [6.45, 7) is -1.61. The zero-order valence-electron chi connectivity index (χ0n) is 26.9. The lowest BCUT2D eigenvalue weighted by molar-refractivity contribution is -0.154. The summed E-state index contributed by atoms with van der Waals surface area (Å²) in [6, 6.07) is 11.5. The molecule has 1 heterocycles. The van der Waals surface area contributed by atoms with Gasteiger partial charge in [-0.05, 0) is 67.6 Å². The highest BCUT2D eigenvalue weighted by molar-refractivity contribution is 6.35. The molecule has 4 rings (SSSR count). The smallest absolute Gasteiger partial charge is 0.422 e. The van der Waals surface area contributed by atoms with Crippen LogP contribution in [0.5, 0.6) is 6.01 Å². The SMILES string of the molecule is COC(=O)[C@H](CCCCC(=O)C(=O)N(C)C)NC(=O)c1ccc(Nc2nc(NC3(c4ccc(Cl)cc4)CC3)nc(OCC(F)(F)F)n2)cc1. The summed E-state index contributed by atoms with van der Waals surface area (Å²) in [7, 11) is 4.15. The number of nitrogens with zero attached hydrogens (tertiary/aromatic N) is 4. The second kappa shape index (κ2) is 15.9. The Labute approximate surface area is 284 Å². The van der Waals surface area contributed by atoms with Crippen LogP contribution in [-0.2, 0) is 24.7 Å². The summed E-state index contributed by atoms with van der Waals surface area (Å²) >= 11 is 6.02. The predicted molar refractivity (Wildman–Crippen MR) is 173 cm³/mol. The summed E-state index contributed by atoms with van der Waals surface area (Å²) in [4.78, 5) is 62.5. The Morgan fingerprint density at radius 3 is 2.20 bits per heavy atom. The number of Topliss-reactive ketones (excluding diaryl/α,β-unsaturated/α-hetero) is 1. The van der Waals surface area contributed by atoms with E-state index in [0.717, 1.165) is 18.4 Å². The van der Waals surface area contributed by atoms with Crippen LogP contribution in [0.1, 0.15) is 54.4 Å². The number of esters is 1. The molecule has 0 saturated heterocycles. The van der Waals surface area contributed by atoms with Crippen molar-refractivity contribution in [1.82, 2.24) is 25.2 Å². The topological polar surface area (TPSA) is 165 Å². The fourth-order valence-electron chi connectivity index (χ4n) is 4.73. The van der Waals surface area contributed by atoms with Gasteiger partial charge in [0.2, 0.25) is 17.7 Å². The number of ether oxygens (including phenoxy) is 2. The van der Waals surface area contributed by atoms with E-state index in [9.17, 15) is 32.3 Å². The van der Waals surface area contributed by atoms with E-state index in [1.165, 1.54) is 50.4 Å². The van der Waals surface area contributed by atoms with Gasteiger partial charge in [0.15, 0.2) is 6.61 Å². The molecule has 3 aromatic rings. The van der Waals surface area contributed by atoms with Crippen molar-refractivity contribution in [2.24, 2.45) is 0 Å². The van der Waals surface area contributed by atoms with Crippen LogP contribution in [0.4, 0.5) is 30.8 Å². The maximum absolute atomic E-state index is 13.0. The molecule has 1 aliphatic rings. The van der Waals surface area contributed by atoms with Crippen molar-refractivity contribution >= 4 is 52.8 Å². The number of benzene rings is 2. The standard InChI is InChI=1S/C32H35ClF3N7O6/c1-43(2)26(46)24(44)7-5-4-6-23(27(47)48-3)38-25(45)19-8-14-22(15-9-19)37-28-39-29(41-30(40-28)49-18-32(34,35)36)42-31(16-17-31)20-10-12-21(33)13-11-20/h8-15,23H,4-7,16-18H2,1-3H3,(H,38,45)(H2,37,39,40,41,42)/t23-/m0/s1. The molecule has 2 amide bonds. The van der Waals surface area contributed by atoms with Crippen LogP contribution in [-0.4, -0.2) is 83.4 Å². The zero-order chi connectivity index (χ0) is 35.8. The van der Waals surface area contributed by atoms with E-state index in [0.29, 0.717) is 23.6 Å². The molecule has 13 nitrogen and oxygen atoms in total. The van der Waals surface area contributed by atoms with E-state index in [1.807, 2.05) is 12.1 Å². The lowest BCUT2D eigenvalue weighted by Crippen LogP contribution is -2.41. The van der Waals surface area contributed by atoms with Gasteiger partial charge in [0.05, 0.1) is 12.6 Å². The van der Waals surface area contributed by atoms with Crippen molar-refractivity contribution in [3.63, 3.8) is 0 Å². The van der Waals surface area contributed by atoms with Gasteiger partial charge in [-0.25, -0.2) is 4.79 Å². The van der Waals surface area contributed by atoms with Gasteiger partial charge in [0.1, 0.15) is 6.04 Å². The largest absolute Gasteiger partial charge is 0.467 e. The highest BCUT2D eigenvalue weighted by Gasteiger charge is 2.45. The molecule has 3 N–H and O–H groups in total. The molecule has 1 aromatic heterocycles. The number of alkyl halides is 3. The van der Waals surface area contributed by atoms with Gasteiger partial charge in [-0.1, -0.05) is 30.2 Å². The third-order valence-corrected chi connectivity index (χ3v) is 7.72. The molecular weight excluding hydrogens is 671 g/mol. The van der Waals surface area contributed by atoms with Crippen molar-refractivity contribution in [2.45, 2.75) is 56.3 Å². The van der Waals surface area contributed by atoms with Gasteiger partial charge in [-0.2, -0.15) is 28.1 Å². The Kier molecular flexibility index (Phi) is 12.0. The fourth-order valence-corrected chi connectivity index (χ4v) is 4.86. The zero-order valence-corrected chi connectivity index (χ0v) is 27.7. The first-order valence-electron chi connectivity index (χ1n) is 15.2. The van der Waals surface area contributed by atoms with Crippen LogP contribution in [0.25, 0.3) is 0 Å². The third kappa shape index (κ3) is 10.8. The molecule has 0 bridgehead atoms. The molecule has 49 heavy (non-hydrogen) atoms. The van der Waals surface area contributed by atoms with E-state index in [2.05, 4.69) is 30.9 Å². The van der Waals surface area contributed by atoms with Crippen LogP contribution in [0.2, 0.25) is 5.02 Å². The number of ketones is 1. The highest BCUT2D eigenvalue weighted by atomic mass is 35.5. The highest BCUT2D eigenvalue weighted by Crippen LogP contribution is 2.48. The van der Waals surface area contributed by atoms with Crippen molar-refractivity contribution in [3.8, 4) is 6.01 Å². The van der Waals surface area contributed by atoms with Crippen molar-refractivity contribution in [3.05, 3.63) is 64.7 Å². The average molecular weight is 706 g/mol. The van der Waals surface area contributed by atoms with E-state index >= 15 is 0 Å². The number of aromatic nitrogens is 3. The molecule has 17 heteroatoms. The minimum atomic E-state index is -4.62. The van der Waals surface area contributed by atoms with Gasteiger partial charge < -0.3 is 30.3 Å². The second-order valence-corrected chi connectivity index (χ2v) is 11.9. The Morgan fingerprint density at radius 1 is 0.959 bits per heavy atom. The van der Waals surface area contributed by atoms with E-state index < -0.39 is 53.9 Å². The molecule has 1 fully saturated rings. The molecule has 0 aliphatic heterocycles. The van der Waals surface area contributed by atoms with Crippen LogP contribution >= 0.6 is 11.6 Å². The summed E-state index contributed by atoms with van der Waals surface area (Å²) in [5.74, 6) is -2.53. The maximum atomic E-state index is 13.0. The summed E-state index contributed by atoms with van der Waals surface area (Å²) in [6.07, 6.45) is -2.29. The molecule has 0 unspecified atom stereocenters. The summed E-state index contributed by atoms with van der Waals surface area (Å²) < 4.78 is 48.3. The Balaban J connectivity index is 1.42. The Morgan fingerprint density at radius 2 is 1.61 bits per heavy atom. The lowest BCUT2D eigenvalue weighted by atomic mass is 10.1. The van der Waals surface area contributed by atoms with Gasteiger partial charge in [0, 0.05) is 36.8 Å². The number of hydrogen-bond acceptors (Lipinski definition) is 11. The summed E-state index contributed by atoms with van der Waals surface area (Å²) in [5.41, 5.74) is 0.941. The molecule has 1 atom stereocenters. The number of rotatable bonds is 16. The third-order valence-electron chi connectivity index (χ3n) is 7.46. The van der Waals surface area contributed by atoms with E-state index in [1.54, 1.807) is 12.1 Å². The molecule has 1 aliphatic carbocycles. The number of unbranched alkanes of at least 4 members (excludes halogenated alkanes) is 1. The number of halogens is 4. The predicted octanol–water partition coefficient (Wildman–Crippen LogP) is 4.80. The molecule has 2 aromatic carbocycles. The molecular formula is C32H35ClF3N7O6. The van der Waals surface area contributed by atoms with Crippen molar-refractivity contribution in [1.29, 1.82) is 0 Å². The van der Waals surface area contributed by atoms with Gasteiger partial charge >= 0.3 is 18.2 Å². The minimum Gasteiger partial charge on any atom is -0.467 e. The first-order chi connectivity index (χ1) is 23.2. The number of methoxy groups -OCH3 is 1. The molecule has 0 spiro atoms. The normalized spacial score (nSPS) is 13.9. The van der Waals surface area contributed by atoms with Crippen LogP contribution in [0.15, 0.2) is 48.5 Å². The van der Waals surface area contributed by atoms with Crippen LogP contribution in [0.3, 0.4) is 0 Å². The van der Waals surface area contributed by atoms with E-state index in [-0.39, 0.29) is 30.3 Å². The summed E-state index contributed by atoms with van der Waals surface area (Å²) in [5, 5.41) is 9.25. The lowest BCUT2D eigenvalue weighted by Gasteiger charge is -2.19. The molecule has 1 saturated carbocycles. The first-order valence-corrected chi connectivity index (χ1v) is 15.6. The van der Waals surface area contributed by atoms with Crippen LogP contribution in [0, 0.1) is 0 Å². The Hall–Kier alpha value is -4.99. The average Bonchev–Trinajstić information content (AvgIpc) is 3.84. The second-order valence-electron chi connectivity index (χ2n) is 11.5. The first kappa shape index (κ1) is 36.8. The number of likely N-dealkylation sites (N-methyl/N-ethyl adjacent to an activating group) is 1. The molecule has 0 radical (unpaired) electrons. The van der Waals surface area contributed by atoms with Crippen molar-refractivity contribution in [2.75, 3.05) is 38.4 Å². The number of anilines is 3. The Bertz CT molecular complexity index is 1650. The van der Waals surface area contributed by atoms with Gasteiger partial charge in [0.25, 0.3) is 11.8 Å². The number of hydrogen-bond donors (Lipinski definition) is 3. The minimum absolute atomic E-state index is 0.00519. The maximum Gasteiger partial charge on any atom is 0.422 e.